The SMILES string of the molecule is CC.CCCCN(CCC)C(c1ccccc1)c1ccccc1. The summed E-state index contributed by atoms with van der Waals surface area (Å²) < 4.78 is 0. The summed E-state index contributed by atoms with van der Waals surface area (Å²) in [6.45, 7) is 10.9. The number of hydrogen-bond donors (Lipinski definition) is 0. The van der Waals surface area contributed by atoms with Gasteiger partial charge >= 0.3 is 0 Å². The molecule has 0 saturated heterocycles. The van der Waals surface area contributed by atoms with Crippen LogP contribution in [0, 0.1) is 0 Å². The van der Waals surface area contributed by atoms with Crippen LogP contribution >= 0.6 is 0 Å². The Kier molecular flexibility index (Phi) is 10.1. The molecule has 0 bridgehead atoms. The Balaban J connectivity index is 0.00000127. The largest absolute Gasteiger partial charge is 0.292 e. The summed E-state index contributed by atoms with van der Waals surface area (Å²) in [5.41, 5.74) is 2.79. The van der Waals surface area contributed by atoms with Gasteiger partial charge in [-0.05, 0) is 37.1 Å². The summed E-state index contributed by atoms with van der Waals surface area (Å²) in [5, 5.41) is 0. The third-order valence-electron chi connectivity index (χ3n) is 3.91. The molecule has 2 aromatic rings. The Hall–Kier alpha value is -1.60. The predicted molar refractivity (Wildman–Crippen MR) is 103 cm³/mol. The number of nitrogens with zero attached hydrogens (tertiary/aromatic N) is 1. The van der Waals surface area contributed by atoms with Crippen LogP contribution in [-0.2, 0) is 0 Å². The second-order valence-corrected chi connectivity index (χ2v) is 5.61. The molecule has 0 unspecified atom stereocenters. The standard InChI is InChI=1S/C20H27N.C2H6/c1-3-5-17-21(16-4-2)20(18-12-8-6-9-13-18)19-14-10-7-11-15-19;1-2/h6-15,20H,3-5,16-17H2,1-2H3;1-2H3. The summed E-state index contributed by atoms with van der Waals surface area (Å²) in [6, 6.07) is 22.2. The highest BCUT2D eigenvalue weighted by molar-refractivity contribution is 5.31. The molecule has 0 atom stereocenters. The first-order valence-corrected chi connectivity index (χ1v) is 9.20. The van der Waals surface area contributed by atoms with E-state index in [1.807, 2.05) is 13.8 Å². The Morgan fingerprint density at radius 3 is 1.57 bits per heavy atom. The van der Waals surface area contributed by atoms with Crippen molar-refractivity contribution in [2.75, 3.05) is 13.1 Å². The van der Waals surface area contributed by atoms with E-state index in [9.17, 15) is 0 Å². The summed E-state index contributed by atoms with van der Waals surface area (Å²) in [5.74, 6) is 0. The highest BCUT2D eigenvalue weighted by Gasteiger charge is 2.20. The van der Waals surface area contributed by atoms with Gasteiger partial charge in [0.05, 0.1) is 6.04 Å². The molecule has 126 valence electrons. The maximum Gasteiger partial charge on any atom is 0.0601 e. The van der Waals surface area contributed by atoms with Gasteiger partial charge in [0.15, 0.2) is 0 Å². The molecule has 0 heterocycles. The maximum atomic E-state index is 2.63. The molecular weight excluding hydrogens is 278 g/mol. The Labute approximate surface area is 143 Å². The van der Waals surface area contributed by atoms with E-state index in [4.69, 9.17) is 0 Å². The van der Waals surface area contributed by atoms with E-state index in [0.717, 1.165) is 6.54 Å². The van der Waals surface area contributed by atoms with E-state index < -0.39 is 0 Å². The average molecular weight is 312 g/mol. The normalized spacial score (nSPS) is 10.5. The van der Waals surface area contributed by atoms with Crippen molar-refractivity contribution in [3.05, 3.63) is 71.8 Å². The van der Waals surface area contributed by atoms with Gasteiger partial charge < -0.3 is 0 Å². The van der Waals surface area contributed by atoms with Gasteiger partial charge in [-0.3, -0.25) is 4.90 Å². The van der Waals surface area contributed by atoms with E-state index in [1.54, 1.807) is 0 Å². The minimum atomic E-state index is 0.374. The average Bonchev–Trinajstić information content (AvgIpc) is 2.63. The van der Waals surface area contributed by atoms with E-state index in [0.29, 0.717) is 6.04 Å². The van der Waals surface area contributed by atoms with E-state index in [2.05, 4.69) is 79.4 Å². The molecule has 1 nitrogen and oxygen atoms in total. The summed E-state index contributed by atoms with van der Waals surface area (Å²) in [6.07, 6.45) is 3.70. The van der Waals surface area contributed by atoms with Crippen LogP contribution < -0.4 is 0 Å². The lowest BCUT2D eigenvalue weighted by Gasteiger charge is -2.32. The van der Waals surface area contributed by atoms with E-state index in [1.165, 1.54) is 36.9 Å². The molecule has 0 aromatic heterocycles. The molecule has 0 aliphatic heterocycles. The van der Waals surface area contributed by atoms with Gasteiger partial charge in [0.25, 0.3) is 0 Å². The van der Waals surface area contributed by atoms with Crippen molar-refractivity contribution in [3.63, 3.8) is 0 Å². The quantitative estimate of drug-likeness (QED) is 0.552. The van der Waals surface area contributed by atoms with Gasteiger partial charge in [0.2, 0.25) is 0 Å². The van der Waals surface area contributed by atoms with Crippen molar-refractivity contribution in [2.24, 2.45) is 0 Å². The van der Waals surface area contributed by atoms with Crippen LogP contribution in [0.3, 0.4) is 0 Å². The molecule has 0 spiro atoms. The first kappa shape index (κ1) is 19.4. The molecule has 0 N–H and O–H groups in total. The molecule has 0 saturated carbocycles. The monoisotopic (exact) mass is 311 g/mol. The molecule has 2 rings (SSSR count). The first-order chi connectivity index (χ1) is 11.4. The highest BCUT2D eigenvalue weighted by atomic mass is 15.1. The van der Waals surface area contributed by atoms with Crippen LogP contribution in [0.25, 0.3) is 0 Å². The molecule has 0 fully saturated rings. The molecule has 0 aliphatic carbocycles. The molecule has 0 radical (unpaired) electrons. The number of hydrogen-bond acceptors (Lipinski definition) is 1. The lowest BCUT2D eigenvalue weighted by Crippen LogP contribution is -2.31. The smallest absolute Gasteiger partial charge is 0.0601 e. The fraction of sp³-hybridized carbons (Fsp3) is 0.455. The Bertz CT molecular complexity index is 452. The van der Waals surface area contributed by atoms with E-state index in [-0.39, 0.29) is 0 Å². The third kappa shape index (κ3) is 6.19. The predicted octanol–water partition coefficient (Wildman–Crippen LogP) is 6.31. The van der Waals surface area contributed by atoms with Gasteiger partial charge in [0.1, 0.15) is 0 Å². The minimum absolute atomic E-state index is 0.374. The zero-order valence-corrected chi connectivity index (χ0v) is 15.3. The molecular formula is C22H33N. The molecule has 0 amide bonds. The second-order valence-electron chi connectivity index (χ2n) is 5.61. The fourth-order valence-corrected chi connectivity index (χ4v) is 2.90. The lowest BCUT2D eigenvalue weighted by atomic mass is 9.96. The topological polar surface area (TPSA) is 3.24 Å². The minimum Gasteiger partial charge on any atom is -0.292 e. The fourth-order valence-electron chi connectivity index (χ4n) is 2.90. The van der Waals surface area contributed by atoms with Crippen molar-refractivity contribution in [1.82, 2.24) is 4.90 Å². The molecule has 1 heteroatoms. The van der Waals surface area contributed by atoms with Crippen LogP contribution in [0.4, 0.5) is 0 Å². The summed E-state index contributed by atoms with van der Waals surface area (Å²) in [4.78, 5) is 2.63. The lowest BCUT2D eigenvalue weighted by molar-refractivity contribution is 0.222. The third-order valence-corrected chi connectivity index (χ3v) is 3.91. The van der Waals surface area contributed by atoms with Gasteiger partial charge in [-0.15, -0.1) is 0 Å². The first-order valence-electron chi connectivity index (χ1n) is 9.20. The number of benzene rings is 2. The van der Waals surface area contributed by atoms with Gasteiger partial charge in [0, 0.05) is 0 Å². The zero-order valence-electron chi connectivity index (χ0n) is 15.3. The van der Waals surface area contributed by atoms with Crippen LogP contribution in [0.15, 0.2) is 60.7 Å². The van der Waals surface area contributed by atoms with Crippen molar-refractivity contribution in [3.8, 4) is 0 Å². The summed E-state index contributed by atoms with van der Waals surface area (Å²) >= 11 is 0. The number of unbranched alkanes of at least 4 members (excludes halogenated alkanes) is 1. The van der Waals surface area contributed by atoms with Crippen molar-refractivity contribution < 1.29 is 0 Å². The van der Waals surface area contributed by atoms with Crippen molar-refractivity contribution in [2.45, 2.75) is 53.0 Å². The Morgan fingerprint density at radius 2 is 1.17 bits per heavy atom. The molecule has 0 aliphatic rings. The maximum absolute atomic E-state index is 2.63. The second kappa shape index (κ2) is 11.9. The zero-order chi connectivity index (χ0) is 16.9. The number of rotatable bonds is 8. The van der Waals surface area contributed by atoms with Crippen LogP contribution in [0.5, 0.6) is 0 Å². The van der Waals surface area contributed by atoms with Gasteiger partial charge in [-0.25, -0.2) is 0 Å². The van der Waals surface area contributed by atoms with Crippen LogP contribution in [0.1, 0.15) is 64.1 Å². The molecule has 2 aromatic carbocycles. The van der Waals surface area contributed by atoms with Crippen LogP contribution in [0.2, 0.25) is 0 Å². The highest BCUT2D eigenvalue weighted by Crippen LogP contribution is 2.29. The Morgan fingerprint density at radius 1 is 0.696 bits per heavy atom. The van der Waals surface area contributed by atoms with Crippen molar-refractivity contribution >= 4 is 0 Å². The van der Waals surface area contributed by atoms with Crippen LogP contribution in [-0.4, -0.2) is 18.0 Å². The van der Waals surface area contributed by atoms with Gasteiger partial charge in [-0.1, -0.05) is 94.8 Å². The molecule has 23 heavy (non-hydrogen) atoms. The summed E-state index contributed by atoms with van der Waals surface area (Å²) in [7, 11) is 0. The van der Waals surface area contributed by atoms with Gasteiger partial charge in [-0.2, -0.15) is 0 Å². The van der Waals surface area contributed by atoms with E-state index >= 15 is 0 Å². The van der Waals surface area contributed by atoms with Crippen molar-refractivity contribution in [1.29, 1.82) is 0 Å².